The Kier molecular flexibility index (Phi) is 3.68. The molecular formula is C12H11BrN2O2S. The summed E-state index contributed by atoms with van der Waals surface area (Å²) in [4.78, 5) is 4.27. The first-order valence-electron chi connectivity index (χ1n) is 5.13. The predicted molar refractivity (Wildman–Crippen MR) is 74.8 cm³/mol. The van der Waals surface area contributed by atoms with Gasteiger partial charge in [-0.05, 0) is 46.3 Å². The maximum Gasteiger partial charge on any atom is 0.175 e. The van der Waals surface area contributed by atoms with Crippen molar-refractivity contribution in [3.8, 4) is 0 Å². The van der Waals surface area contributed by atoms with E-state index >= 15 is 0 Å². The highest BCUT2D eigenvalue weighted by Gasteiger charge is 2.06. The number of anilines is 2. The van der Waals surface area contributed by atoms with Crippen LogP contribution in [0.25, 0.3) is 0 Å². The van der Waals surface area contributed by atoms with Crippen molar-refractivity contribution in [1.82, 2.24) is 4.98 Å². The van der Waals surface area contributed by atoms with Crippen molar-refractivity contribution in [1.29, 1.82) is 0 Å². The predicted octanol–water partition coefficient (Wildman–Crippen LogP) is 2.99. The quantitative estimate of drug-likeness (QED) is 0.941. The Labute approximate surface area is 114 Å². The third-order valence-electron chi connectivity index (χ3n) is 2.33. The van der Waals surface area contributed by atoms with Gasteiger partial charge >= 0.3 is 0 Å². The lowest BCUT2D eigenvalue weighted by Crippen LogP contribution is -1.97. The Bertz CT molecular complexity index is 654. The molecule has 18 heavy (non-hydrogen) atoms. The van der Waals surface area contributed by atoms with Crippen LogP contribution in [-0.2, 0) is 9.84 Å². The molecule has 4 nitrogen and oxygen atoms in total. The van der Waals surface area contributed by atoms with E-state index in [0.29, 0.717) is 4.90 Å². The first-order chi connectivity index (χ1) is 8.47. The zero-order chi connectivity index (χ0) is 13.2. The van der Waals surface area contributed by atoms with Crippen molar-refractivity contribution in [3.05, 3.63) is 47.2 Å². The van der Waals surface area contributed by atoms with Crippen LogP contribution in [0.5, 0.6) is 0 Å². The second-order valence-electron chi connectivity index (χ2n) is 3.78. The molecule has 0 saturated heterocycles. The summed E-state index contributed by atoms with van der Waals surface area (Å²) >= 11 is 3.38. The van der Waals surface area contributed by atoms with E-state index in [1.54, 1.807) is 36.7 Å². The third-order valence-corrected chi connectivity index (χ3v) is 4.09. The molecule has 0 amide bonds. The molecule has 0 atom stereocenters. The second-order valence-corrected chi connectivity index (χ2v) is 6.65. The van der Waals surface area contributed by atoms with Crippen molar-refractivity contribution in [2.45, 2.75) is 4.90 Å². The van der Waals surface area contributed by atoms with Crippen LogP contribution in [0.4, 0.5) is 11.4 Å². The van der Waals surface area contributed by atoms with Crippen molar-refractivity contribution in [2.24, 2.45) is 0 Å². The number of rotatable bonds is 3. The summed E-state index contributed by atoms with van der Waals surface area (Å²) in [5.41, 5.74) is 1.69. The summed E-state index contributed by atoms with van der Waals surface area (Å²) in [6, 6.07) is 8.43. The summed E-state index contributed by atoms with van der Waals surface area (Å²) in [5.74, 6) is 0. The summed E-state index contributed by atoms with van der Waals surface area (Å²) < 4.78 is 23.5. The zero-order valence-electron chi connectivity index (χ0n) is 9.59. The molecule has 2 rings (SSSR count). The first-order valence-corrected chi connectivity index (χ1v) is 7.82. The Morgan fingerprint density at radius 1 is 1.17 bits per heavy atom. The molecule has 6 heteroatoms. The molecule has 1 aromatic carbocycles. The van der Waals surface area contributed by atoms with Crippen molar-refractivity contribution in [2.75, 3.05) is 11.6 Å². The Hall–Kier alpha value is -1.40. The van der Waals surface area contributed by atoms with E-state index in [-0.39, 0.29) is 0 Å². The van der Waals surface area contributed by atoms with Crippen LogP contribution in [0.1, 0.15) is 0 Å². The lowest BCUT2D eigenvalue weighted by atomic mass is 10.3. The number of benzene rings is 1. The molecule has 1 N–H and O–H groups in total. The summed E-state index contributed by atoms with van der Waals surface area (Å²) in [7, 11) is -3.15. The Morgan fingerprint density at radius 2 is 1.83 bits per heavy atom. The van der Waals surface area contributed by atoms with Crippen molar-refractivity contribution >= 4 is 37.1 Å². The molecule has 0 bridgehead atoms. The number of pyridine rings is 1. The van der Waals surface area contributed by atoms with E-state index in [0.717, 1.165) is 15.8 Å². The number of nitrogens with zero attached hydrogens (tertiary/aromatic N) is 1. The highest BCUT2D eigenvalue weighted by molar-refractivity contribution is 9.10. The van der Waals surface area contributed by atoms with Gasteiger partial charge in [0.1, 0.15) is 0 Å². The lowest BCUT2D eigenvalue weighted by Gasteiger charge is -2.08. The van der Waals surface area contributed by atoms with Crippen LogP contribution in [0.15, 0.2) is 52.1 Å². The van der Waals surface area contributed by atoms with Gasteiger partial charge in [-0.1, -0.05) is 0 Å². The van der Waals surface area contributed by atoms with Crippen LogP contribution in [0.2, 0.25) is 0 Å². The molecule has 1 aromatic heterocycles. The molecule has 0 spiro atoms. The molecule has 0 aliphatic heterocycles. The van der Waals surface area contributed by atoms with Gasteiger partial charge in [0.15, 0.2) is 9.84 Å². The highest BCUT2D eigenvalue weighted by Crippen LogP contribution is 2.24. The zero-order valence-corrected chi connectivity index (χ0v) is 12.0. The molecule has 0 saturated carbocycles. The lowest BCUT2D eigenvalue weighted by molar-refractivity contribution is 0.602. The molecular weight excluding hydrogens is 316 g/mol. The number of hydrogen-bond acceptors (Lipinski definition) is 4. The fourth-order valence-electron chi connectivity index (χ4n) is 1.42. The van der Waals surface area contributed by atoms with Crippen LogP contribution in [-0.4, -0.2) is 19.7 Å². The maximum atomic E-state index is 11.3. The van der Waals surface area contributed by atoms with Gasteiger partial charge < -0.3 is 5.32 Å². The maximum absolute atomic E-state index is 11.3. The fourth-order valence-corrected chi connectivity index (χ4v) is 2.40. The summed E-state index contributed by atoms with van der Waals surface area (Å²) in [6.07, 6.45) is 4.56. The van der Waals surface area contributed by atoms with Crippen molar-refractivity contribution < 1.29 is 8.42 Å². The molecule has 0 aliphatic carbocycles. The number of halogens is 1. The van der Waals surface area contributed by atoms with Gasteiger partial charge in [-0.15, -0.1) is 0 Å². The van der Waals surface area contributed by atoms with E-state index in [1.165, 1.54) is 6.26 Å². The minimum Gasteiger partial charge on any atom is -0.355 e. The molecule has 0 radical (unpaired) electrons. The smallest absolute Gasteiger partial charge is 0.175 e. The first kappa shape index (κ1) is 13.0. The van der Waals surface area contributed by atoms with E-state index < -0.39 is 9.84 Å². The summed E-state index contributed by atoms with van der Waals surface area (Å²) in [6.45, 7) is 0. The second kappa shape index (κ2) is 5.07. The Balaban J connectivity index is 2.24. The average molecular weight is 327 g/mol. The molecule has 0 unspecified atom stereocenters. The number of aromatic nitrogens is 1. The van der Waals surface area contributed by atoms with E-state index in [4.69, 9.17) is 0 Å². The Morgan fingerprint density at radius 3 is 2.39 bits per heavy atom. The minimum absolute atomic E-state index is 0.307. The van der Waals surface area contributed by atoms with Gasteiger partial charge in [0.2, 0.25) is 0 Å². The van der Waals surface area contributed by atoms with Crippen LogP contribution < -0.4 is 5.32 Å². The topological polar surface area (TPSA) is 59.1 Å². The van der Waals surface area contributed by atoms with Crippen molar-refractivity contribution in [3.63, 3.8) is 0 Å². The van der Waals surface area contributed by atoms with E-state index in [2.05, 4.69) is 26.2 Å². The van der Waals surface area contributed by atoms with E-state index in [9.17, 15) is 8.42 Å². The SMILES string of the molecule is CS(=O)(=O)c1ccc(Nc2ccncc2Br)cc1. The average Bonchev–Trinajstić information content (AvgIpc) is 2.32. The fraction of sp³-hybridized carbons (Fsp3) is 0.0833. The van der Waals surface area contributed by atoms with Gasteiger partial charge in [0, 0.05) is 24.3 Å². The number of sulfone groups is 1. The van der Waals surface area contributed by atoms with Gasteiger partial charge in [-0.2, -0.15) is 0 Å². The highest BCUT2D eigenvalue weighted by atomic mass is 79.9. The normalized spacial score (nSPS) is 11.2. The monoisotopic (exact) mass is 326 g/mol. The van der Waals surface area contributed by atoms with Crippen LogP contribution in [0.3, 0.4) is 0 Å². The van der Waals surface area contributed by atoms with E-state index in [1.807, 2.05) is 6.07 Å². The molecule has 0 fully saturated rings. The minimum atomic E-state index is -3.15. The molecule has 1 heterocycles. The van der Waals surface area contributed by atoms with Gasteiger partial charge in [-0.25, -0.2) is 8.42 Å². The standard InChI is InChI=1S/C12H11BrN2O2S/c1-18(16,17)10-4-2-9(3-5-10)15-12-6-7-14-8-11(12)13/h2-8H,1H3,(H,14,15). The molecule has 2 aromatic rings. The van der Waals surface area contributed by atoms with Crippen LogP contribution >= 0.6 is 15.9 Å². The van der Waals surface area contributed by atoms with Gasteiger partial charge in [0.25, 0.3) is 0 Å². The number of hydrogen-bond donors (Lipinski definition) is 1. The van der Waals surface area contributed by atoms with Gasteiger partial charge in [0.05, 0.1) is 15.1 Å². The molecule has 0 aliphatic rings. The third kappa shape index (κ3) is 3.08. The summed E-state index contributed by atoms with van der Waals surface area (Å²) in [5, 5.41) is 3.17. The van der Waals surface area contributed by atoms with Gasteiger partial charge in [-0.3, -0.25) is 4.98 Å². The van der Waals surface area contributed by atoms with Crippen LogP contribution in [0, 0.1) is 0 Å². The number of nitrogens with one attached hydrogen (secondary N) is 1. The largest absolute Gasteiger partial charge is 0.355 e. The molecule has 94 valence electrons.